The van der Waals surface area contributed by atoms with Gasteiger partial charge in [-0.2, -0.15) is 0 Å². The van der Waals surface area contributed by atoms with Gasteiger partial charge < -0.3 is 14.2 Å². The lowest BCUT2D eigenvalue weighted by molar-refractivity contribution is -0.163. The molecule has 0 aromatic carbocycles. The molecule has 370 valence electrons. The van der Waals surface area contributed by atoms with Crippen LogP contribution in [0.5, 0.6) is 0 Å². The highest BCUT2D eigenvalue weighted by Gasteiger charge is 2.17. The number of hydrogen-bond acceptors (Lipinski definition) is 5. The Morgan fingerprint density at radius 3 is 1.16 bits per heavy atom. The summed E-state index contributed by atoms with van der Waals surface area (Å²) in [6.07, 6.45) is 70.5. The summed E-state index contributed by atoms with van der Waals surface area (Å²) >= 11 is 0. The zero-order valence-electron chi connectivity index (χ0n) is 42.5. The average molecular weight is 893 g/mol. The average Bonchev–Trinajstić information content (AvgIpc) is 3.30. The number of rotatable bonds is 50. The molecule has 0 saturated carbocycles. The molecule has 0 saturated heterocycles. The van der Waals surface area contributed by atoms with Crippen LogP contribution in [-0.2, 0) is 23.8 Å². The molecule has 0 aliphatic heterocycles. The summed E-state index contributed by atoms with van der Waals surface area (Å²) in [6.45, 7) is 7.71. The lowest BCUT2D eigenvalue weighted by Gasteiger charge is -2.18. The number of allylic oxidation sites excluding steroid dienone is 12. The molecule has 0 bridgehead atoms. The zero-order chi connectivity index (χ0) is 46.3. The van der Waals surface area contributed by atoms with Crippen molar-refractivity contribution in [3.63, 3.8) is 0 Å². The van der Waals surface area contributed by atoms with Crippen molar-refractivity contribution in [1.82, 2.24) is 0 Å². The summed E-state index contributed by atoms with van der Waals surface area (Å²) in [4.78, 5) is 25.5. The molecule has 1 unspecified atom stereocenters. The second kappa shape index (κ2) is 54.7. The summed E-state index contributed by atoms with van der Waals surface area (Å²) in [5.74, 6) is -0.423. The molecule has 1 atom stereocenters. The second-order valence-electron chi connectivity index (χ2n) is 18.1. The van der Waals surface area contributed by atoms with Crippen molar-refractivity contribution in [2.75, 3.05) is 19.8 Å². The fourth-order valence-corrected chi connectivity index (χ4v) is 7.55. The number of carbonyl (C=O) groups is 2. The number of ether oxygens (including phenoxy) is 3. The van der Waals surface area contributed by atoms with Crippen LogP contribution in [0.15, 0.2) is 72.9 Å². The monoisotopic (exact) mass is 893 g/mol. The molecule has 0 radical (unpaired) electrons. The van der Waals surface area contributed by atoms with Gasteiger partial charge in [0, 0.05) is 19.4 Å². The van der Waals surface area contributed by atoms with Gasteiger partial charge in [-0.05, 0) is 109 Å². The van der Waals surface area contributed by atoms with Gasteiger partial charge in [-0.15, -0.1) is 0 Å². The fourth-order valence-electron chi connectivity index (χ4n) is 7.55. The summed E-state index contributed by atoms with van der Waals surface area (Å²) in [7, 11) is 0. The van der Waals surface area contributed by atoms with E-state index >= 15 is 0 Å². The van der Waals surface area contributed by atoms with E-state index in [2.05, 4.69) is 93.7 Å². The predicted octanol–water partition coefficient (Wildman–Crippen LogP) is 18.7. The summed E-state index contributed by atoms with van der Waals surface area (Å²) in [5, 5.41) is 0. The Morgan fingerprint density at radius 1 is 0.344 bits per heavy atom. The Balaban J connectivity index is 4.31. The maximum absolute atomic E-state index is 12.8. The van der Waals surface area contributed by atoms with E-state index in [4.69, 9.17) is 14.2 Å². The van der Waals surface area contributed by atoms with Gasteiger partial charge in [-0.3, -0.25) is 9.59 Å². The highest BCUT2D eigenvalue weighted by molar-refractivity contribution is 5.70. The quantitative estimate of drug-likeness (QED) is 0.0346. The topological polar surface area (TPSA) is 61.8 Å². The second-order valence-corrected chi connectivity index (χ2v) is 18.1. The minimum Gasteiger partial charge on any atom is -0.462 e. The maximum Gasteiger partial charge on any atom is 0.306 e. The van der Waals surface area contributed by atoms with Gasteiger partial charge in [0.15, 0.2) is 6.10 Å². The van der Waals surface area contributed by atoms with E-state index in [1.54, 1.807) is 0 Å². The Morgan fingerprint density at radius 2 is 0.688 bits per heavy atom. The molecule has 0 N–H and O–H groups in total. The van der Waals surface area contributed by atoms with Crippen LogP contribution in [0.25, 0.3) is 0 Å². The van der Waals surface area contributed by atoms with E-state index in [1.807, 2.05) is 0 Å². The molecule has 64 heavy (non-hydrogen) atoms. The molecule has 0 fully saturated rings. The Kier molecular flexibility index (Phi) is 52.4. The van der Waals surface area contributed by atoms with Crippen molar-refractivity contribution in [2.24, 2.45) is 0 Å². The zero-order valence-corrected chi connectivity index (χ0v) is 42.5. The smallest absolute Gasteiger partial charge is 0.306 e. The van der Waals surface area contributed by atoms with Gasteiger partial charge in [0.2, 0.25) is 0 Å². The first-order valence-electron chi connectivity index (χ1n) is 27.5. The molecule has 0 spiro atoms. The van der Waals surface area contributed by atoms with Crippen LogP contribution in [0, 0.1) is 0 Å². The van der Waals surface area contributed by atoms with Crippen molar-refractivity contribution in [2.45, 2.75) is 271 Å². The van der Waals surface area contributed by atoms with Crippen LogP contribution >= 0.6 is 0 Å². The van der Waals surface area contributed by atoms with Crippen LogP contribution < -0.4 is 0 Å². The summed E-state index contributed by atoms with van der Waals surface area (Å²) < 4.78 is 17.4. The molecule has 0 amide bonds. The van der Waals surface area contributed by atoms with Gasteiger partial charge >= 0.3 is 11.9 Å². The molecule has 5 nitrogen and oxygen atoms in total. The first-order valence-corrected chi connectivity index (χ1v) is 27.5. The molecular weight excluding hydrogens is 789 g/mol. The fraction of sp³-hybridized carbons (Fsp3) is 0.763. The van der Waals surface area contributed by atoms with Crippen molar-refractivity contribution >= 4 is 11.9 Å². The van der Waals surface area contributed by atoms with Crippen LogP contribution in [-0.4, -0.2) is 37.9 Å². The SMILES string of the molecule is CCC/C=C\C/C=C\CCCCCCCCOCC(COC(=O)CCCCCCCC/C=C\C/C=C\C/C=C\CCCCC)OC(=O)CCCCCCC/C=C\CCCCCCCC. The van der Waals surface area contributed by atoms with E-state index in [0.29, 0.717) is 19.4 Å². The molecule has 0 aliphatic carbocycles. The standard InChI is InChI=1S/C59H104O5/c1-4-7-10-13-16-19-22-25-28-29-30-31-33-34-37-40-43-46-49-52-58(60)63-56-57(55-62-54-51-48-45-42-39-36-27-24-21-18-15-12-9-6-3)64-59(61)53-50-47-44-41-38-35-32-26-23-20-17-14-11-8-5-2/h12,15-16,19,21,24-26,28,30-32,57H,4-11,13-14,17-18,20,22-23,27,29,33-56H2,1-3H3/b15-12-,19-16-,24-21-,28-25-,31-30-,32-26-. The lowest BCUT2D eigenvalue weighted by atomic mass is 10.1. The molecule has 0 aromatic rings. The molecular formula is C59H104O5. The molecule has 0 aliphatic rings. The Labute approximate surface area is 397 Å². The third-order valence-corrected chi connectivity index (χ3v) is 11.7. The largest absolute Gasteiger partial charge is 0.462 e. The van der Waals surface area contributed by atoms with Crippen LogP contribution in [0.1, 0.15) is 265 Å². The summed E-state index contributed by atoms with van der Waals surface area (Å²) in [5.41, 5.74) is 0. The first-order chi connectivity index (χ1) is 31.6. The number of carbonyl (C=O) groups excluding carboxylic acids is 2. The van der Waals surface area contributed by atoms with Crippen molar-refractivity contribution < 1.29 is 23.8 Å². The Hall–Kier alpha value is -2.66. The van der Waals surface area contributed by atoms with Crippen molar-refractivity contribution in [3.05, 3.63) is 72.9 Å². The normalized spacial score (nSPS) is 12.7. The van der Waals surface area contributed by atoms with Gasteiger partial charge in [0.1, 0.15) is 6.61 Å². The maximum atomic E-state index is 12.8. The van der Waals surface area contributed by atoms with E-state index in [0.717, 1.165) is 83.5 Å². The van der Waals surface area contributed by atoms with E-state index < -0.39 is 6.10 Å². The molecule has 0 rings (SSSR count). The van der Waals surface area contributed by atoms with Gasteiger partial charge in [0.25, 0.3) is 0 Å². The van der Waals surface area contributed by atoms with Crippen LogP contribution in [0.2, 0.25) is 0 Å². The van der Waals surface area contributed by atoms with Gasteiger partial charge in [-0.1, -0.05) is 216 Å². The molecule has 5 heteroatoms. The number of unbranched alkanes of at least 4 members (excludes halogenated alkanes) is 27. The minimum atomic E-state index is -0.554. The van der Waals surface area contributed by atoms with Gasteiger partial charge in [0.05, 0.1) is 6.61 Å². The highest BCUT2D eigenvalue weighted by atomic mass is 16.6. The van der Waals surface area contributed by atoms with E-state index in [-0.39, 0.29) is 25.2 Å². The number of esters is 2. The molecule has 0 aromatic heterocycles. The summed E-state index contributed by atoms with van der Waals surface area (Å²) in [6, 6.07) is 0. The van der Waals surface area contributed by atoms with Gasteiger partial charge in [-0.25, -0.2) is 0 Å². The highest BCUT2D eigenvalue weighted by Crippen LogP contribution is 2.14. The Bertz CT molecular complexity index is 1150. The first kappa shape index (κ1) is 61.3. The predicted molar refractivity (Wildman–Crippen MR) is 279 cm³/mol. The van der Waals surface area contributed by atoms with Crippen molar-refractivity contribution in [1.29, 1.82) is 0 Å². The van der Waals surface area contributed by atoms with Crippen LogP contribution in [0.4, 0.5) is 0 Å². The number of hydrogen-bond donors (Lipinski definition) is 0. The lowest BCUT2D eigenvalue weighted by Crippen LogP contribution is -2.30. The third kappa shape index (κ3) is 52.0. The van der Waals surface area contributed by atoms with Crippen LogP contribution in [0.3, 0.4) is 0 Å². The minimum absolute atomic E-state index is 0.0693. The van der Waals surface area contributed by atoms with E-state index in [1.165, 1.54) is 148 Å². The van der Waals surface area contributed by atoms with E-state index in [9.17, 15) is 9.59 Å². The molecule has 0 heterocycles. The third-order valence-electron chi connectivity index (χ3n) is 11.7. The van der Waals surface area contributed by atoms with Crippen molar-refractivity contribution in [3.8, 4) is 0 Å².